The van der Waals surface area contributed by atoms with E-state index in [2.05, 4.69) is 5.32 Å². The molecule has 1 N–H and O–H groups in total. The molecule has 1 aromatic rings. The average molecular weight is 312 g/mol. The number of ether oxygens (including phenoxy) is 1. The van der Waals surface area contributed by atoms with Gasteiger partial charge in [-0.05, 0) is 51.8 Å². The maximum Gasteiger partial charge on any atom is 0.410 e. The molecular weight excluding hydrogens is 290 g/mol. The fourth-order valence-electron chi connectivity index (χ4n) is 2.36. The number of hydrogen-bond acceptors (Lipinski definition) is 3. The van der Waals surface area contributed by atoms with E-state index >= 15 is 0 Å². The number of anilines is 1. The van der Waals surface area contributed by atoms with E-state index in [9.17, 15) is 13.6 Å². The van der Waals surface area contributed by atoms with Gasteiger partial charge in [0, 0.05) is 19.1 Å². The molecule has 1 aliphatic rings. The van der Waals surface area contributed by atoms with Gasteiger partial charge >= 0.3 is 6.09 Å². The highest BCUT2D eigenvalue weighted by Gasteiger charge is 2.27. The zero-order chi connectivity index (χ0) is 16.3. The van der Waals surface area contributed by atoms with Crippen molar-refractivity contribution in [3.05, 3.63) is 29.8 Å². The number of likely N-dealkylation sites (tertiary alicyclic amines) is 1. The predicted octanol–water partition coefficient (Wildman–Crippen LogP) is 3.78. The Balaban J connectivity index is 1.87. The zero-order valence-corrected chi connectivity index (χ0v) is 13.2. The van der Waals surface area contributed by atoms with Crippen molar-refractivity contribution in [3.63, 3.8) is 0 Å². The van der Waals surface area contributed by atoms with E-state index in [-0.39, 0.29) is 17.8 Å². The van der Waals surface area contributed by atoms with Gasteiger partial charge in [-0.3, -0.25) is 0 Å². The smallest absolute Gasteiger partial charge is 0.410 e. The van der Waals surface area contributed by atoms with Crippen LogP contribution in [-0.2, 0) is 4.74 Å². The number of carbonyl (C=O) groups is 1. The first-order chi connectivity index (χ1) is 10.2. The third-order valence-electron chi connectivity index (χ3n) is 3.43. The molecule has 1 heterocycles. The molecule has 6 heteroatoms. The van der Waals surface area contributed by atoms with E-state index in [1.165, 1.54) is 0 Å². The van der Waals surface area contributed by atoms with Gasteiger partial charge in [0.05, 0.1) is 5.69 Å². The van der Waals surface area contributed by atoms with Crippen molar-refractivity contribution in [2.75, 3.05) is 18.4 Å². The second kappa shape index (κ2) is 6.50. The van der Waals surface area contributed by atoms with Gasteiger partial charge < -0.3 is 15.0 Å². The standard InChI is InChI=1S/C16H22F2N2O2/c1-16(2,3)22-15(21)20-8-6-12(7-9-20)19-14-10-11(17)4-5-13(14)18/h4-5,10,12,19H,6-9H2,1-3H3. The summed E-state index contributed by atoms with van der Waals surface area (Å²) in [5.74, 6) is -0.953. The molecule has 4 nitrogen and oxygen atoms in total. The molecule has 2 rings (SSSR count). The summed E-state index contributed by atoms with van der Waals surface area (Å²) in [4.78, 5) is 13.6. The summed E-state index contributed by atoms with van der Waals surface area (Å²) < 4.78 is 32.1. The summed E-state index contributed by atoms with van der Waals surface area (Å²) in [5.41, 5.74) is -0.354. The number of hydrogen-bond donors (Lipinski definition) is 1. The summed E-state index contributed by atoms with van der Waals surface area (Å²) in [6, 6.07) is 3.35. The molecule has 0 radical (unpaired) electrons. The van der Waals surface area contributed by atoms with E-state index in [4.69, 9.17) is 4.74 Å². The molecule has 122 valence electrons. The maximum atomic E-state index is 13.6. The summed E-state index contributed by atoms with van der Waals surface area (Å²) in [7, 11) is 0. The lowest BCUT2D eigenvalue weighted by atomic mass is 10.0. The number of nitrogens with one attached hydrogen (secondary N) is 1. The Morgan fingerprint density at radius 2 is 1.91 bits per heavy atom. The monoisotopic (exact) mass is 312 g/mol. The summed E-state index contributed by atoms with van der Waals surface area (Å²) >= 11 is 0. The van der Waals surface area contributed by atoms with Gasteiger partial charge in [0.1, 0.15) is 17.2 Å². The number of halogens is 2. The number of carbonyl (C=O) groups excluding carboxylic acids is 1. The van der Waals surface area contributed by atoms with Gasteiger partial charge in [-0.1, -0.05) is 0 Å². The van der Waals surface area contributed by atoms with E-state index in [1.54, 1.807) is 4.90 Å². The van der Waals surface area contributed by atoms with E-state index < -0.39 is 17.2 Å². The maximum absolute atomic E-state index is 13.6. The molecule has 0 bridgehead atoms. The van der Waals surface area contributed by atoms with Crippen LogP contribution in [0.1, 0.15) is 33.6 Å². The van der Waals surface area contributed by atoms with Gasteiger partial charge in [-0.2, -0.15) is 0 Å². The number of rotatable bonds is 2. The number of nitrogens with zero attached hydrogens (tertiary/aromatic N) is 1. The minimum Gasteiger partial charge on any atom is -0.444 e. The average Bonchev–Trinajstić information content (AvgIpc) is 2.42. The van der Waals surface area contributed by atoms with Crippen molar-refractivity contribution in [3.8, 4) is 0 Å². The Kier molecular flexibility index (Phi) is 4.88. The molecule has 1 fully saturated rings. The third-order valence-corrected chi connectivity index (χ3v) is 3.43. The lowest BCUT2D eigenvalue weighted by molar-refractivity contribution is 0.0210. The molecule has 1 aliphatic heterocycles. The van der Waals surface area contributed by atoms with Crippen LogP contribution >= 0.6 is 0 Å². The molecule has 1 aromatic carbocycles. The predicted molar refractivity (Wildman–Crippen MR) is 80.8 cm³/mol. The Morgan fingerprint density at radius 3 is 2.50 bits per heavy atom. The fourth-order valence-corrected chi connectivity index (χ4v) is 2.36. The van der Waals surface area contributed by atoms with Crippen LogP contribution in [0.15, 0.2) is 18.2 Å². The fraction of sp³-hybridized carbons (Fsp3) is 0.562. The quantitative estimate of drug-likeness (QED) is 0.903. The van der Waals surface area contributed by atoms with Crippen molar-refractivity contribution >= 4 is 11.8 Å². The van der Waals surface area contributed by atoms with Crippen LogP contribution in [0.3, 0.4) is 0 Å². The Hall–Kier alpha value is -1.85. The molecule has 1 amide bonds. The molecule has 0 aromatic heterocycles. The van der Waals surface area contributed by atoms with Gasteiger partial charge in [-0.15, -0.1) is 0 Å². The third kappa shape index (κ3) is 4.58. The lowest BCUT2D eigenvalue weighted by Gasteiger charge is -2.34. The Morgan fingerprint density at radius 1 is 1.27 bits per heavy atom. The highest BCUT2D eigenvalue weighted by Crippen LogP contribution is 2.21. The van der Waals surface area contributed by atoms with Crippen LogP contribution in [0.5, 0.6) is 0 Å². The first-order valence-electron chi connectivity index (χ1n) is 7.44. The second-order valence-electron chi connectivity index (χ2n) is 6.51. The zero-order valence-electron chi connectivity index (χ0n) is 13.2. The number of amides is 1. The van der Waals surface area contributed by atoms with Crippen LogP contribution < -0.4 is 5.32 Å². The van der Waals surface area contributed by atoms with Crippen molar-refractivity contribution in [1.29, 1.82) is 0 Å². The van der Waals surface area contributed by atoms with Crippen molar-refractivity contribution < 1.29 is 18.3 Å². The SMILES string of the molecule is CC(C)(C)OC(=O)N1CCC(Nc2cc(F)ccc2F)CC1. The Bertz CT molecular complexity index is 535. The molecule has 0 atom stereocenters. The van der Waals surface area contributed by atoms with Crippen LogP contribution in [0.25, 0.3) is 0 Å². The highest BCUT2D eigenvalue weighted by molar-refractivity contribution is 5.68. The van der Waals surface area contributed by atoms with E-state index in [0.717, 1.165) is 18.2 Å². The normalized spacial score (nSPS) is 16.5. The molecule has 1 saturated heterocycles. The van der Waals surface area contributed by atoms with Crippen molar-refractivity contribution in [1.82, 2.24) is 4.90 Å². The second-order valence-corrected chi connectivity index (χ2v) is 6.51. The van der Waals surface area contributed by atoms with Crippen molar-refractivity contribution in [2.24, 2.45) is 0 Å². The molecule has 0 saturated carbocycles. The number of benzene rings is 1. The van der Waals surface area contributed by atoms with Crippen LogP contribution in [0, 0.1) is 11.6 Å². The molecule has 0 unspecified atom stereocenters. The molecule has 22 heavy (non-hydrogen) atoms. The molecular formula is C16H22F2N2O2. The number of piperidine rings is 1. The highest BCUT2D eigenvalue weighted by atomic mass is 19.1. The van der Waals surface area contributed by atoms with Crippen LogP contribution in [-0.4, -0.2) is 35.7 Å². The topological polar surface area (TPSA) is 41.6 Å². The van der Waals surface area contributed by atoms with Gasteiger partial charge in [0.2, 0.25) is 0 Å². The van der Waals surface area contributed by atoms with E-state index in [0.29, 0.717) is 25.9 Å². The first kappa shape index (κ1) is 16.5. The summed E-state index contributed by atoms with van der Waals surface area (Å²) in [5, 5.41) is 3.00. The largest absolute Gasteiger partial charge is 0.444 e. The minimum atomic E-state index is -0.517. The Labute approximate surface area is 129 Å². The molecule has 0 spiro atoms. The van der Waals surface area contributed by atoms with Crippen LogP contribution in [0.4, 0.5) is 19.3 Å². The van der Waals surface area contributed by atoms with Crippen LogP contribution in [0.2, 0.25) is 0 Å². The summed E-state index contributed by atoms with van der Waals surface area (Å²) in [6.07, 6.45) is 0.993. The summed E-state index contributed by atoms with van der Waals surface area (Å²) in [6.45, 7) is 6.54. The van der Waals surface area contributed by atoms with Gasteiger partial charge in [0.15, 0.2) is 0 Å². The lowest BCUT2D eigenvalue weighted by Crippen LogP contribution is -2.44. The van der Waals surface area contributed by atoms with E-state index in [1.807, 2.05) is 20.8 Å². The van der Waals surface area contributed by atoms with Gasteiger partial charge in [-0.25, -0.2) is 13.6 Å². The van der Waals surface area contributed by atoms with Crippen molar-refractivity contribution in [2.45, 2.75) is 45.3 Å². The van der Waals surface area contributed by atoms with Gasteiger partial charge in [0.25, 0.3) is 0 Å². The first-order valence-corrected chi connectivity index (χ1v) is 7.44. The minimum absolute atomic E-state index is 0.00925. The molecule has 0 aliphatic carbocycles.